The van der Waals surface area contributed by atoms with Crippen molar-refractivity contribution in [3.8, 4) is 0 Å². The second-order valence-electron chi connectivity index (χ2n) is 5.37. The third-order valence-electron chi connectivity index (χ3n) is 3.50. The van der Waals surface area contributed by atoms with Gasteiger partial charge in [0.1, 0.15) is 0 Å². The van der Waals surface area contributed by atoms with Crippen LogP contribution >= 0.6 is 11.6 Å². The quantitative estimate of drug-likeness (QED) is 0.740. The standard InChI is InChI=1S/C18H17ClN4O/c19-16-5-7-17(8-6-16)22-18(24)21-11-14-1-3-15(4-2-14)12-23-10-9-20-13-23/h1-10,13H,11-12H2,(H2,21,22,24). The molecule has 2 amide bonds. The van der Waals surface area contributed by atoms with Crippen molar-refractivity contribution in [3.63, 3.8) is 0 Å². The van der Waals surface area contributed by atoms with Crippen LogP contribution in [0, 0.1) is 0 Å². The number of urea groups is 1. The van der Waals surface area contributed by atoms with E-state index in [1.54, 1.807) is 36.8 Å². The van der Waals surface area contributed by atoms with Crippen molar-refractivity contribution >= 4 is 23.3 Å². The molecule has 0 saturated carbocycles. The molecular weight excluding hydrogens is 324 g/mol. The van der Waals surface area contributed by atoms with Gasteiger partial charge < -0.3 is 15.2 Å². The van der Waals surface area contributed by atoms with Gasteiger partial charge in [-0.15, -0.1) is 0 Å². The minimum Gasteiger partial charge on any atom is -0.334 e. The van der Waals surface area contributed by atoms with E-state index in [1.165, 1.54) is 5.56 Å². The van der Waals surface area contributed by atoms with Crippen molar-refractivity contribution in [3.05, 3.63) is 83.4 Å². The van der Waals surface area contributed by atoms with Gasteiger partial charge in [0.15, 0.2) is 0 Å². The minimum absolute atomic E-state index is 0.250. The Morgan fingerprint density at radius 3 is 2.42 bits per heavy atom. The number of aromatic nitrogens is 2. The number of carbonyl (C=O) groups excluding carboxylic acids is 1. The fourth-order valence-electron chi connectivity index (χ4n) is 2.24. The number of anilines is 1. The Balaban J connectivity index is 1.49. The highest BCUT2D eigenvalue weighted by Crippen LogP contribution is 2.13. The van der Waals surface area contributed by atoms with Gasteiger partial charge in [-0.2, -0.15) is 0 Å². The lowest BCUT2D eigenvalue weighted by Crippen LogP contribution is -2.28. The van der Waals surface area contributed by atoms with Crippen LogP contribution in [0.5, 0.6) is 0 Å². The topological polar surface area (TPSA) is 59.0 Å². The molecule has 3 aromatic rings. The first-order valence-electron chi connectivity index (χ1n) is 7.53. The molecular formula is C18H17ClN4O. The summed E-state index contributed by atoms with van der Waals surface area (Å²) in [6, 6.07) is 14.8. The summed E-state index contributed by atoms with van der Waals surface area (Å²) in [6.07, 6.45) is 5.48. The first-order valence-corrected chi connectivity index (χ1v) is 7.91. The molecule has 122 valence electrons. The second-order valence-corrected chi connectivity index (χ2v) is 5.80. The normalized spacial score (nSPS) is 10.4. The van der Waals surface area contributed by atoms with Crippen molar-refractivity contribution in [2.24, 2.45) is 0 Å². The Labute approximate surface area is 145 Å². The van der Waals surface area contributed by atoms with Gasteiger partial charge in [0.05, 0.1) is 6.33 Å². The average Bonchev–Trinajstić information content (AvgIpc) is 3.09. The Bertz CT molecular complexity index is 783. The molecule has 5 nitrogen and oxygen atoms in total. The molecule has 0 aliphatic rings. The Hall–Kier alpha value is -2.79. The zero-order valence-electron chi connectivity index (χ0n) is 12.9. The molecule has 3 rings (SSSR count). The molecule has 1 heterocycles. The lowest BCUT2D eigenvalue weighted by atomic mass is 10.1. The number of hydrogen-bond acceptors (Lipinski definition) is 2. The van der Waals surface area contributed by atoms with Crippen LogP contribution < -0.4 is 10.6 Å². The van der Waals surface area contributed by atoms with Gasteiger partial charge in [-0.1, -0.05) is 35.9 Å². The molecule has 2 aromatic carbocycles. The van der Waals surface area contributed by atoms with Gasteiger partial charge in [0, 0.05) is 36.2 Å². The number of rotatable bonds is 5. The molecule has 2 N–H and O–H groups in total. The zero-order chi connectivity index (χ0) is 16.8. The molecule has 0 aliphatic carbocycles. The van der Waals surface area contributed by atoms with Crippen LogP contribution in [0.4, 0.5) is 10.5 Å². The van der Waals surface area contributed by atoms with Gasteiger partial charge in [-0.05, 0) is 35.4 Å². The van der Waals surface area contributed by atoms with Crippen molar-refractivity contribution < 1.29 is 4.79 Å². The van der Waals surface area contributed by atoms with Crippen LogP contribution in [0.3, 0.4) is 0 Å². The van der Waals surface area contributed by atoms with Crippen LogP contribution in [0.15, 0.2) is 67.3 Å². The molecule has 6 heteroatoms. The largest absolute Gasteiger partial charge is 0.334 e. The fourth-order valence-corrected chi connectivity index (χ4v) is 2.37. The van der Waals surface area contributed by atoms with E-state index in [4.69, 9.17) is 11.6 Å². The highest BCUT2D eigenvalue weighted by atomic mass is 35.5. The Kier molecular flexibility index (Phi) is 5.13. The third kappa shape index (κ3) is 4.60. The fraction of sp³-hybridized carbons (Fsp3) is 0.111. The maximum Gasteiger partial charge on any atom is 0.319 e. The molecule has 0 fully saturated rings. The van der Waals surface area contributed by atoms with E-state index in [-0.39, 0.29) is 6.03 Å². The maximum atomic E-state index is 11.9. The molecule has 0 atom stereocenters. The molecule has 0 saturated heterocycles. The first-order chi connectivity index (χ1) is 11.7. The first kappa shape index (κ1) is 16.1. The van der Waals surface area contributed by atoms with Crippen LogP contribution in [-0.2, 0) is 13.1 Å². The van der Waals surface area contributed by atoms with Crippen LogP contribution in [0.2, 0.25) is 5.02 Å². The van der Waals surface area contributed by atoms with Gasteiger partial charge >= 0.3 is 6.03 Å². The summed E-state index contributed by atoms with van der Waals surface area (Å²) in [7, 11) is 0. The van der Waals surface area contributed by atoms with Crippen LogP contribution in [0.25, 0.3) is 0 Å². The minimum atomic E-state index is -0.250. The van der Waals surface area contributed by atoms with E-state index >= 15 is 0 Å². The number of carbonyl (C=O) groups is 1. The number of benzene rings is 2. The highest BCUT2D eigenvalue weighted by molar-refractivity contribution is 6.30. The summed E-state index contributed by atoms with van der Waals surface area (Å²) in [5, 5.41) is 6.23. The number of imidazole rings is 1. The van der Waals surface area contributed by atoms with Gasteiger partial charge in [0.25, 0.3) is 0 Å². The summed E-state index contributed by atoms with van der Waals surface area (Å²) < 4.78 is 2.01. The summed E-state index contributed by atoms with van der Waals surface area (Å²) in [5.41, 5.74) is 2.92. The van der Waals surface area contributed by atoms with E-state index in [0.29, 0.717) is 17.3 Å². The molecule has 1 aromatic heterocycles. The van der Waals surface area contributed by atoms with Crippen molar-refractivity contribution in [1.29, 1.82) is 0 Å². The van der Waals surface area contributed by atoms with E-state index < -0.39 is 0 Å². The summed E-state index contributed by atoms with van der Waals surface area (Å²) in [5.74, 6) is 0. The van der Waals surface area contributed by atoms with Gasteiger partial charge in [-0.3, -0.25) is 0 Å². The van der Waals surface area contributed by atoms with Gasteiger partial charge in [0.2, 0.25) is 0 Å². The third-order valence-corrected chi connectivity index (χ3v) is 3.75. The predicted molar refractivity (Wildman–Crippen MR) is 95.1 cm³/mol. The van der Waals surface area contributed by atoms with Crippen molar-refractivity contribution in [2.45, 2.75) is 13.1 Å². The molecule has 0 bridgehead atoms. The van der Waals surface area contributed by atoms with Crippen LogP contribution in [0.1, 0.15) is 11.1 Å². The smallest absolute Gasteiger partial charge is 0.319 e. The number of halogens is 1. The summed E-state index contributed by atoms with van der Waals surface area (Å²) in [4.78, 5) is 15.9. The van der Waals surface area contributed by atoms with Crippen molar-refractivity contribution in [1.82, 2.24) is 14.9 Å². The number of hydrogen-bond donors (Lipinski definition) is 2. The lowest BCUT2D eigenvalue weighted by Gasteiger charge is -2.09. The number of nitrogens with zero attached hydrogens (tertiary/aromatic N) is 2. The van der Waals surface area contributed by atoms with Crippen molar-refractivity contribution in [2.75, 3.05) is 5.32 Å². The van der Waals surface area contributed by atoms with E-state index in [9.17, 15) is 4.79 Å². The zero-order valence-corrected chi connectivity index (χ0v) is 13.7. The predicted octanol–water partition coefficient (Wildman–Crippen LogP) is 3.91. The van der Waals surface area contributed by atoms with E-state index in [0.717, 1.165) is 12.1 Å². The Morgan fingerprint density at radius 2 is 1.75 bits per heavy atom. The lowest BCUT2D eigenvalue weighted by molar-refractivity contribution is 0.251. The highest BCUT2D eigenvalue weighted by Gasteiger charge is 2.02. The van der Waals surface area contributed by atoms with Gasteiger partial charge in [-0.25, -0.2) is 9.78 Å². The number of nitrogens with one attached hydrogen (secondary N) is 2. The second kappa shape index (κ2) is 7.66. The number of amides is 2. The summed E-state index contributed by atoms with van der Waals surface area (Å²) in [6.45, 7) is 1.25. The molecule has 24 heavy (non-hydrogen) atoms. The SMILES string of the molecule is O=C(NCc1ccc(Cn2ccnc2)cc1)Nc1ccc(Cl)cc1. The molecule has 0 unspecified atom stereocenters. The van der Waals surface area contributed by atoms with E-state index in [1.807, 2.05) is 35.0 Å². The molecule has 0 spiro atoms. The molecule has 0 aliphatic heterocycles. The van der Waals surface area contributed by atoms with E-state index in [2.05, 4.69) is 15.6 Å². The monoisotopic (exact) mass is 340 g/mol. The average molecular weight is 341 g/mol. The molecule has 0 radical (unpaired) electrons. The maximum absolute atomic E-state index is 11.9. The van der Waals surface area contributed by atoms with Crippen LogP contribution in [-0.4, -0.2) is 15.6 Å². The Morgan fingerprint density at radius 1 is 1.04 bits per heavy atom. The summed E-state index contributed by atoms with van der Waals surface area (Å²) >= 11 is 5.81.